The van der Waals surface area contributed by atoms with Crippen LogP contribution in [-0.2, 0) is 27.2 Å². The second-order valence-corrected chi connectivity index (χ2v) is 10.3. The highest BCUT2D eigenvalue weighted by Gasteiger charge is 2.33. The minimum Gasteiger partial charge on any atom is -0.453 e. The van der Waals surface area contributed by atoms with E-state index in [1.165, 1.54) is 7.11 Å². The third-order valence-electron chi connectivity index (χ3n) is 7.45. The number of alkyl carbamates (subject to hydrolysis) is 1. The monoisotopic (exact) mass is 568 g/mol. The molecule has 0 bridgehead atoms. The largest absolute Gasteiger partial charge is 0.453 e. The van der Waals surface area contributed by atoms with Crippen molar-refractivity contribution in [2.24, 2.45) is 0 Å². The van der Waals surface area contributed by atoms with E-state index < -0.39 is 18.1 Å². The molecule has 10 nitrogen and oxygen atoms in total. The van der Waals surface area contributed by atoms with E-state index in [0.29, 0.717) is 25.3 Å². The van der Waals surface area contributed by atoms with E-state index in [-0.39, 0.29) is 18.1 Å². The van der Waals surface area contributed by atoms with Crippen molar-refractivity contribution in [2.75, 3.05) is 25.6 Å². The Morgan fingerprint density at radius 1 is 1.02 bits per heavy atom. The number of anilines is 1. The standard InChI is InChI=1S/C32H36N6O4/c1-41-32(40)36-30(29(24-11-4-2-5-12-24)25-13-6-3-7-14-25)31(39)35-28-15-9-8-10-23(28)16-17-27-20-33-26(22-42-27)21-38-19-18-34-37-38/h2-15,18-19,26-27,29-30,33H,16-17,20-22H2,1H3,(H,35,39)(H,36,40)/t26-,27-,30?/m1/s1. The normalized spacial score (nSPS) is 17.4. The molecule has 4 aromatic rings. The minimum absolute atomic E-state index is 0.0510. The van der Waals surface area contributed by atoms with E-state index in [9.17, 15) is 9.59 Å². The highest BCUT2D eigenvalue weighted by molar-refractivity contribution is 5.98. The number of rotatable bonds is 11. The average molecular weight is 569 g/mol. The lowest BCUT2D eigenvalue weighted by atomic mass is 9.84. The van der Waals surface area contributed by atoms with Crippen LogP contribution in [-0.4, -0.2) is 65.4 Å². The van der Waals surface area contributed by atoms with Crippen molar-refractivity contribution in [3.05, 3.63) is 114 Å². The molecule has 1 aliphatic rings. The zero-order valence-electron chi connectivity index (χ0n) is 23.6. The molecular formula is C32H36N6O4. The number of hydrogen-bond acceptors (Lipinski definition) is 7. The second kappa shape index (κ2) is 14.4. The van der Waals surface area contributed by atoms with Gasteiger partial charge in [0.25, 0.3) is 0 Å². The molecule has 1 saturated heterocycles. The fourth-order valence-corrected chi connectivity index (χ4v) is 5.30. The topological polar surface area (TPSA) is 119 Å². The number of benzene rings is 3. The minimum atomic E-state index is -0.928. The predicted octanol–water partition coefficient (Wildman–Crippen LogP) is 3.76. The Labute approximate surface area is 245 Å². The maximum atomic E-state index is 13.9. The van der Waals surface area contributed by atoms with Crippen molar-refractivity contribution in [1.29, 1.82) is 0 Å². The number of methoxy groups -OCH3 is 1. The molecule has 1 fully saturated rings. The summed E-state index contributed by atoms with van der Waals surface area (Å²) in [5, 5.41) is 17.3. The number of hydrogen-bond donors (Lipinski definition) is 3. The van der Waals surface area contributed by atoms with Crippen LogP contribution in [0.1, 0.15) is 29.0 Å². The van der Waals surface area contributed by atoms with Gasteiger partial charge in [0.05, 0.1) is 38.6 Å². The van der Waals surface area contributed by atoms with Gasteiger partial charge in [-0.15, -0.1) is 5.10 Å². The zero-order chi connectivity index (χ0) is 29.1. The lowest BCUT2D eigenvalue weighted by molar-refractivity contribution is -0.118. The maximum Gasteiger partial charge on any atom is 0.407 e. The smallest absolute Gasteiger partial charge is 0.407 e. The molecule has 3 atom stereocenters. The molecule has 5 rings (SSSR count). The molecule has 2 heterocycles. The number of ether oxygens (including phenoxy) is 2. The van der Waals surface area contributed by atoms with Gasteiger partial charge in [-0.3, -0.25) is 9.48 Å². The molecule has 1 unspecified atom stereocenters. The molecule has 218 valence electrons. The van der Waals surface area contributed by atoms with Gasteiger partial charge in [0.2, 0.25) is 5.91 Å². The summed E-state index contributed by atoms with van der Waals surface area (Å²) in [7, 11) is 1.29. The number of nitrogens with zero attached hydrogens (tertiary/aromatic N) is 3. The maximum absolute atomic E-state index is 13.9. The summed E-state index contributed by atoms with van der Waals surface area (Å²) in [5.41, 5.74) is 3.49. The molecule has 0 spiro atoms. The highest BCUT2D eigenvalue weighted by atomic mass is 16.5. The predicted molar refractivity (Wildman–Crippen MR) is 159 cm³/mol. The lowest BCUT2D eigenvalue weighted by Gasteiger charge is -2.30. The number of aromatic nitrogens is 3. The van der Waals surface area contributed by atoms with E-state index in [1.54, 1.807) is 10.9 Å². The Bertz CT molecular complexity index is 1370. The van der Waals surface area contributed by atoms with Gasteiger partial charge in [0, 0.05) is 24.3 Å². The first-order valence-corrected chi connectivity index (χ1v) is 14.1. The van der Waals surface area contributed by atoms with Gasteiger partial charge >= 0.3 is 6.09 Å². The van der Waals surface area contributed by atoms with E-state index in [0.717, 1.165) is 29.7 Å². The van der Waals surface area contributed by atoms with Crippen LogP contribution in [0, 0.1) is 0 Å². The van der Waals surface area contributed by atoms with E-state index in [1.807, 2.05) is 91.1 Å². The number of morpholine rings is 1. The lowest BCUT2D eigenvalue weighted by Crippen LogP contribution is -2.48. The number of carbonyl (C=O) groups excluding carboxylic acids is 2. The molecule has 1 aliphatic heterocycles. The van der Waals surface area contributed by atoms with Crippen molar-refractivity contribution in [1.82, 2.24) is 25.6 Å². The first-order chi connectivity index (χ1) is 20.6. The van der Waals surface area contributed by atoms with Gasteiger partial charge in [0.15, 0.2) is 0 Å². The first kappa shape index (κ1) is 29.0. The van der Waals surface area contributed by atoms with Crippen LogP contribution in [0.25, 0.3) is 0 Å². The quantitative estimate of drug-likeness (QED) is 0.252. The van der Waals surface area contributed by atoms with Crippen LogP contribution >= 0.6 is 0 Å². The summed E-state index contributed by atoms with van der Waals surface area (Å²) in [4.78, 5) is 26.4. The second-order valence-electron chi connectivity index (χ2n) is 10.3. The fourth-order valence-electron chi connectivity index (χ4n) is 5.30. The van der Waals surface area contributed by atoms with Crippen LogP contribution in [0.2, 0.25) is 0 Å². The van der Waals surface area contributed by atoms with Crippen molar-refractivity contribution >= 4 is 17.7 Å². The average Bonchev–Trinajstić information content (AvgIpc) is 3.55. The van der Waals surface area contributed by atoms with Gasteiger partial charge in [-0.05, 0) is 35.6 Å². The summed E-state index contributed by atoms with van der Waals surface area (Å²) in [6, 6.07) is 26.4. The number of carbonyl (C=O) groups is 2. The van der Waals surface area contributed by atoms with Crippen LogP contribution in [0.15, 0.2) is 97.3 Å². The Balaban J connectivity index is 1.28. The highest BCUT2D eigenvalue weighted by Crippen LogP contribution is 2.30. The van der Waals surface area contributed by atoms with Crippen molar-refractivity contribution < 1.29 is 19.1 Å². The third kappa shape index (κ3) is 7.59. The number of aryl methyl sites for hydroxylation is 1. The van der Waals surface area contributed by atoms with Gasteiger partial charge in [-0.2, -0.15) is 0 Å². The first-order valence-electron chi connectivity index (χ1n) is 14.1. The molecule has 42 heavy (non-hydrogen) atoms. The molecule has 10 heteroatoms. The molecule has 3 aromatic carbocycles. The molecule has 0 aliphatic carbocycles. The summed E-state index contributed by atoms with van der Waals surface area (Å²) in [5.74, 6) is -0.775. The molecule has 0 radical (unpaired) electrons. The number of amides is 2. The molecule has 3 N–H and O–H groups in total. The molecular weight excluding hydrogens is 532 g/mol. The number of nitrogens with one attached hydrogen (secondary N) is 3. The molecule has 0 saturated carbocycles. The van der Waals surface area contributed by atoms with Crippen molar-refractivity contribution in [2.45, 2.75) is 43.5 Å². The van der Waals surface area contributed by atoms with Crippen molar-refractivity contribution in [3.63, 3.8) is 0 Å². The van der Waals surface area contributed by atoms with Gasteiger partial charge in [-0.25, -0.2) is 4.79 Å². The Morgan fingerprint density at radius 3 is 2.33 bits per heavy atom. The van der Waals surface area contributed by atoms with Crippen LogP contribution in [0.4, 0.5) is 10.5 Å². The van der Waals surface area contributed by atoms with Gasteiger partial charge in [-0.1, -0.05) is 84.1 Å². The summed E-state index contributed by atoms with van der Waals surface area (Å²) < 4.78 is 12.8. The van der Waals surface area contributed by atoms with Crippen LogP contribution < -0.4 is 16.0 Å². The fraction of sp³-hybridized carbons (Fsp3) is 0.312. The third-order valence-corrected chi connectivity index (χ3v) is 7.45. The SMILES string of the molecule is COC(=O)NC(C(=O)Nc1ccccc1CC[C@@H]1CN[C@H](Cn2ccnn2)CO1)C(c1ccccc1)c1ccccc1. The van der Waals surface area contributed by atoms with E-state index in [2.05, 4.69) is 26.3 Å². The van der Waals surface area contributed by atoms with Crippen LogP contribution in [0.3, 0.4) is 0 Å². The summed E-state index contributed by atoms with van der Waals surface area (Å²) in [6.07, 6.45) is 4.38. The number of para-hydroxylation sites is 1. The zero-order valence-corrected chi connectivity index (χ0v) is 23.6. The van der Waals surface area contributed by atoms with Crippen molar-refractivity contribution in [3.8, 4) is 0 Å². The Morgan fingerprint density at radius 2 is 1.71 bits per heavy atom. The van der Waals surface area contributed by atoms with Gasteiger partial charge in [0.1, 0.15) is 6.04 Å². The van der Waals surface area contributed by atoms with Crippen LogP contribution in [0.5, 0.6) is 0 Å². The molecule has 2 amide bonds. The Kier molecular flexibility index (Phi) is 9.92. The Hall–Kier alpha value is -4.54. The van der Waals surface area contributed by atoms with E-state index in [4.69, 9.17) is 9.47 Å². The summed E-state index contributed by atoms with van der Waals surface area (Å²) in [6.45, 7) is 2.02. The molecule has 1 aromatic heterocycles. The van der Waals surface area contributed by atoms with E-state index >= 15 is 0 Å². The summed E-state index contributed by atoms with van der Waals surface area (Å²) >= 11 is 0. The van der Waals surface area contributed by atoms with Gasteiger partial charge < -0.3 is 25.4 Å².